The van der Waals surface area contributed by atoms with E-state index in [0.717, 1.165) is 33.0 Å². The second-order valence-corrected chi connectivity index (χ2v) is 14.0. The Morgan fingerprint density at radius 3 is 1.98 bits per heavy atom. The monoisotopic (exact) mass is 639 g/mol. The van der Waals surface area contributed by atoms with E-state index in [1.54, 1.807) is 30.3 Å². The van der Waals surface area contributed by atoms with E-state index in [2.05, 4.69) is 19.2 Å². The quantitative estimate of drug-likeness (QED) is 0.163. The lowest BCUT2D eigenvalue weighted by Crippen LogP contribution is -2.54. The summed E-state index contributed by atoms with van der Waals surface area (Å²) in [6, 6.07) is 31.8. The van der Waals surface area contributed by atoms with Gasteiger partial charge in [0.25, 0.3) is 10.0 Å². The van der Waals surface area contributed by atoms with Gasteiger partial charge in [0.15, 0.2) is 0 Å². The lowest BCUT2D eigenvalue weighted by Gasteiger charge is -2.34. The average molecular weight is 640 g/mol. The van der Waals surface area contributed by atoms with E-state index in [9.17, 15) is 18.0 Å². The van der Waals surface area contributed by atoms with Crippen LogP contribution in [0.1, 0.15) is 62.3 Å². The van der Waals surface area contributed by atoms with Crippen LogP contribution in [0.3, 0.4) is 0 Å². The van der Waals surface area contributed by atoms with Crippen LogP contribution < -0.4 is 9.62 Å². The van der Waals surface area contributed by atoms with Crippen molar-refractivity contribution >= 4 is 27.5 Å². The molecule has 2 atom stereocenters. The van der Waals surface area contributed by atoms with Gasteiger partial charge in [0.05, 0.1) is 10.6 Å². The summed E-state index contributed by atoms with van der Waals surface area (Å²) in [6.07, 6.45) is 1.00. The lowest BCUT2D eigenvalue weighted by molar-refractivity contribution is -0.140. The molecule has 8 heteroatoms. The van der Waals surface area contributed by atoms with E-state index >= 15 is 0 Å². The highest BCUT2D eigenvalue weighted by Crippen LogP contribution is 2.27. The fourth-order valence-corrected chi connectivity index (χ4v) is 6.71. The van der Waals surface area contributed by atoms with Crippen molar-refractivity contribution in [2.45, 2.75) is 76.9 Å². The molecule has 0 bridgehead atoms. The Morgan fingerprint density at radius 2 is 1.39 bits per heavy atom. The Hall–Kier alpha value is -4.43. The highest BCUT2D eigenvalue weighted by Gasteiger charge is 2.35. The first-order valence-electron chi connectivity index (χ1n) is 15.9. The molecule has 242 valence electrons. The number of hydrogen-bond acceptors (Lipinski definition) is 4. The molecule has 0 spiro atoms. The Balaban J connectivity index is 1.81. The zero-order valence-corrected chi connectivity index (χ0v) is 28.2. The summed E-state index contributed by atoms with van der Waals surface area (Å²) in [5.41, 5.74) is 4.19. The van der Waals surface area contributed by atoms with Crippen LogP contribution in [0.2, 0.25) is 0 Å². The molecule has 0 saturated carbocycles. The summed E-state index contributed by atoms with van der Waals surface area (Å²) in [6.45, 7) is 9.68. The van der Waals surface area contributed by atoms with E-state index in [4.69, 9.17) is 0 Å². The van der Waals surface area contributed by atoms with E-state index in [1.165, 1.54) is 17.0 Å². The normalized spacial score (nSPS) is 12.7. The minimum absolute atomic E-state index is 0.0799. The molecule has 0 heterocycles. The van der Waals surface area contributed by atoms with Gasteiger partial charge in [-0.25, -0.2) is 8.42 Å². The maximum Gasteiger partial charge on any atom is 0.264 e. The van der Waals surface area contributed by atoms with E-state index < -0.39 is 28.5 Å². The highest BCUT2D eigenvalue weighted by atomic mass is 32.2. The summed E-state index contributed by atoms with van der Waals surface area (Å²) >= 11 is 0. The molecule has 0 aliphatic heterocycles. The molecule has 4 aromatic carbocycles. The van der Waals surface area contributed by atoms with Gasteiger partial charge < -0.3 is 10.2 Å². The molecule has 0 fully saturated rings. The fraction of sp³-hybridized carbons (Fsp3) is 0.316. The fourth-order valence-electron chi connectivity index (χ4n) is 5.28. The Morgan fingerprint density at radius 1 is 0.783 bits per heavy atom. The number of hydrogen-bond donors (Lipinski definition) is 1. The van der Waals surface area contributed by atoms with Crippen molar-refractivity contribution in [3.63, 3.8) is 0 Å². The molecule has 4 aromatic rings. The third kappa shape index (κ3) is 8.85. The molecule has 2 amide bonds. The summed E-state index contributed by atoms with van der Waals surface area (Å²) in [5, 5.41) is 3.08. The molecule has 1 N–H and O–H groups in total. The zero-order chi connectivity index (χ0) is 33.3. The van der Waals surface area contributed by atoms with Gasteiger partial charge in [0.2, 0.25) is 11.8 Å². The van der Waals surface area contributed by atoms with Crippen molar-refractivity contribution in [2.75, 3.05) is 10.8 Å². The van der Waals surface area contributed by atoms with Crippen LogP contribution in [0.15, 0.2) is 114 Å². The third-order valence-electron chi connectivity index (χ3n) is 8.17. The number of rotatable bonds is 14. The Kier molecular flexibility index (Phi) is 11.8. The number of nitrogens with one attached hydrogen (secondary N) is 1. The maximum absolute atomic E-state index is 14.6. The van der Waals surface area contributed by atoms with E-state index in [0.29, 0.717) is 5.69 Å². The minimum atomic E-state index is -4.14. The maximum atomic E-state index is 14.6. The minimum Gasteiger partial charge on any atom is -0.352 e. The second kappa shape index (κ2) is 15.7. The largest absolute Gasteiger partial charge is 0.352 e. The van der Waals surface area contributed by atoms with Crippen molar-refractivity contribution in [1.82, 2.24) is 10.2 Å². The summed E-state index contributed by atoms with van der Waals surface area (Å²) in [4.78, 5) is 30.2. The molecule has 0 unspecified atom stereocenters. The first-order chi connectivity index (χ1) is 22.0. The highest BCUT2D eigenvalue weighted by molar-refractivity contribution is 7.92. The lowest BCUT2D eigenvalue weighted by atomic mass is 10.0. The predicted octanol–water partition coefficient (Wildman–Crippen LogP) is 6.87. The number of amides is 2. The van der Waals surface area contributed by atoms with Crippen LogP contribution in [-0.4, -0.2) is 43.8 Å². The van der Waals surface area contributed by atoms with Gasteiger partial charge in [0.1, 0.15) is 12.6 Å². The van der Waals surface area contributed by atoms with Crippen LogP contribution in [0, 0.1) is 6.92 Å². The van der Waals surface area contributed by atoms with E-state index in [1.807, 2.05) is 87.5 Å². The Labute approximate surface area is 274 Å². The standard InChI is InChI=1S/C38H45N3O4S/c1-6-30(5)39-38(43)36(25-31-15-9-7-10-16-31)40(26-32-17-13-14-29(4)24-32)37(42)27-41(34-22-20-33(21-23-34)28(2)3)46(44,45)35-18-11-8-12-19-35/h7-24,28,30,36H,6,25-27H2,1-5H3,(H,39,43)/t30-,36-/m0/s1. The molecule has 0 aromatic heterocycles. The summed E-state index contributed by atoms with van der Waals surface area (Å²) in [5.74, 6) is -0.505. The molecule has 0 radical (unpaired) electrons. The molecular weight excluding hydrogens is 595 g/mol. The topological polar surface area (TPSA) is 86.8 Å². The zero-order valence-electron chi connectivity index (χ0n) is 27.4. The number of aryl methyl sites for hydroxylation is 1. The van der Waals surface area contributed by atoms with Gasteiger partial charge in [-0.3, -0.25) is 13.9 Å². The van der Waals surface area contributed by atoms with Crippen molar-refractivity contribution in [3.05, 3.63) is 131 Å². The molecule has 7 nitrogen and oxygen atoms in total. The van der Waals surface area contributed by atoms with Gasteiger partial charge in [-0.1, -0.05) is 111 Å². The predicted molar refractivity (Wildman–Crippen MR) is 185 cm³/mol. The number of carbonyl (C=O) groups excluding carboxylic acids is 2. The van der Waals surface area contributed by atoms with Crippen LogP contribution in [-0.2, 0) is 32.6 Å². The van der Waals surface area contributed by atoms with E-state index in [-0.39, 0.29) is 35.7 Å². The smallest absolute Gasteiger partial charge is 0.264 e. The number of benzene rings is 4. The molecule has 0 aliphatic rings. The summed E-state index contributed by atoms with van der Waals surface area (Å²) in [7, 11) is -4.14. The number of carbonyl (C=O) groups is 2. The van der Waals surface area contributed by atoms with Crippen molar-refractivity contribution < 1.29 is 18.0 Å². The van der Waals surface area contributed by atoms with Crippen LogP contribution in [0.4, 0.5) is 5.69 Å². The molecular formula is C38H45N3O4S. The van der Waals surface area contributed by atoms with Crippen molar-refractivity contribution in [1.29, 1.82) is 0 Å². The van der Waals surface area contributed by atoms with Crippen molar-refractivity contribution in [2.24, 2.45) is 0 Å². The molecule has 0 aliphatic carbocycles. The molecule has 4 rings (SSSR count). The first kappa shape index (κ1) is 34.4. The van der Waals surface area contributed by atoms with Crippen LogP contribution in [0.5, 0.6) is 0 Å². The average Bonchev–Trinajstić information content (AvgIpc) is 3.05. The third-order valence-corrected chi connectivity index (χ3v) is 9.95. The number of anilines is 1. The number of nitrogens with zero attached hydrogens (tertiary/aromatic N) is 2. The Bertz CT molecular complexity index is 1690. The molecule has 46 heavy (non-hydrogen) atoms. The summed E-state index contributed by atoms with van der Waals surface area (Å²) < 4.78 is 29.5. The van der Waals surface area contributed by atoms with Gasteiger partial charge in [-0.05, 0) is 67.1 Å². The van der Waals surface area contributed by atoms with Crippen molar-refractivity contribution in [3.8, 4) is 0 Å². The second-order valence-electron chi connectivity index (χ2n) is 12.1. The van der Waals surface area contributed by atoms with Gasteiger partial charge in [-0.2, -0.15) is 0 Å². The van der Waals surface area contributed by atoms with Gasteiger partial charge in [0, 0.05) is 19.0 Å². The van der Waals surface area contributed by atoms with Gasteiger partial charge >= 0.3 is 0 Å². The number of sulfonamides is 1. The van der Waals surface area contributed by atoms with Crippen LogP contribution >= 0.6 is 0 Å². The first-order valence-corrected chi connectivity index (χ1v) is 17.3. The van der Waals surface area contributed by atoms with Gasteiger partial charge in [-0.15, -0.1) is 0 Å². The van der Waals surface area contributed by atoms with Crippen LogP contribution in [0.25, 0.3) is 0 Å². The molecule has 0 saturated heterocycles. The SMILES string of the molecule is CC[C@H](C)NC(=O)[C@H](Cc1ccccc1)N(Cc1cccc(C)c1)C(=O)CN(c1ccc(C(C)C)cc1)S(=O)(=O)c1ccccc1.